The van der Waals surface area contributed by atoms with Crippen molar-refractivity contribution in [3.05, 3.63) is 59.7 Å². The van der Waals surface area contributed by atoms with Crippen molar-refractivity contribution in [1.29, 1.82) is 0 Å². The van der Waals surface area contributed by atoms with Gasteiger partial charge < -0.3 is 10.5 Å². The van der Waals surface area contributed by atoms with Crippen LogP contribution in [0.25, 0.3) is 0 Å². The maximum Gasteiger partial charge on any atom is 0.131 e. The Kier molecular flexibility index (Phi) is 3.03. The number of hydrogen-bond acceptors (Lipinski definition) is 2. The molecule has 0 amide bonds. The molecule has 2 nitrogen and oxygen atoms in total. The summed E-state index contributed by atoms with van der Waals surface area (Å²) in [4.78, 5) is 0. The Morgan fingerprint density at radius 3 is 1.84 bits per heavy atom. The van der Waals surface area contributed by atoms with Gasteiger partial charge in [-0.2, -0.15) is 0 Å². The van der Waals surface area contributed by atoms with Crippen molar-refractivity contribution in [1.82, 2.24) is 0 Å². The summed E-state index contributed by atoms with van der Waals surface area (Å²) in [5.41, 5.74) is 8.86. The molecule has 1 aliphatic rings. The third-order valence-electron chi connectivity index (χ3n) is 3.88. The predicted octanol–water partition coefficient (Wildman–Crippen LogP) is 3.91. The molecule has 0 saturated heterocycles. The standard InChI is InChI=1S/C17H19NO/c1-11(2)17(18)16-12-7-3-5-9-14(12)19-15-10-6-4-8-13(15)16/h3-11,16-17H,18H2,1-2H3. The van der Waals surface area contributed by atoms with E-state index in [2.05, 4.69) is 38.1 Å². The quantitative estimate of drug-likeness (QED) is 0.880. The maximum atomic E-state index is 6.47. The van der Waals surface area contributed by atoms with Crippen LogP contribution in [0.3, 0.4) is 0 Å². The van der Waals surface area contributed by atoms with Crippen molar-refractivity contribution in [2.45, 2.75) is 25.8 Å². The largest absolute Gasteiger partial charge is 0.457 e. The molecule has 1 unspecified atom stereocenters. The van der Waals surface area contributed by atoms with Crippen molar-refractivity contribution in [2.24, 2.45) is 11.7 Å². The van der Waals surface area contributed by atoms with E-state index in [-0.39, 0.29) is 12.0 Å². The molecule has 2 heteroatoms. The molecule has 19 heavy (non-hydrogen) atoms. The number of rotatable bonds is 2. The Hall–Kier alpha value is -1.80. The highest BCUT2D eigenvalue weighted by molar-refractivity contribution is 5.54. The molecular weight excluding hydrogens is 234 g/mol. The minimum Gasteiger partial charge on any atom is -0.457 e. The smallest absolute Gasteiger partial charge is 0.131 e. The zero-order valence-corrected chi connectivity index (χ0v) is 11.3. The van der Waals surface area contributed by atoms with Gasteiger partial charge in [-0.15, -0.1) is 0 Å². The summed E-state index contributed by atoms with van der Waals surface area (Å²) in [6.07, 6.45) is 0. The van der Waals surface area contributed by atoms with E-state index in [4.69, 9.17) is 10.5 Å². The van der Waals surface area contributed by atoms with Crippen molar-refractivity contribution < 1.29 is 4.74 Å². The number of para-hydroxylation sites is 2. The third-order valence-corrected chi connectivity index (χ3v) is 3.88. The fourth-order valence-electron chi connectivity index (χ4n) is 2.75. The fraction of sp³-hybridized carbons (Fsp3) is 0.294. The van der Waals surface area contributed by atoms with Crippen LogP contribution in [0.5, 0.6) is 11.5 Å². The van der Waals surface area contributed by atoms with Crippen molar-refractivity contribution in [2.75, 3.05) is 0 Å². The van der Waals surface area contributed by atoms with Gasteiger partial charge in [0.05, 0.1) is 0 Å². The first-order valence-corrected chi connectivity index (χ1v) is 6.79. The van der Waals surface area contributed by atoms with E-state index in [1.165, 1.54) is 11.1 Å². The summed E-state index contributed by atoms with van der Waals surface area (Å²) in [6, 6.07) is 16.5. The van der Waals surface area contributed by atoms with Gasteiger partial charge in [0.25, 0.3) is 0 Å². The molecule has 0 bridgehead atoms. The average Bonchev–Trinajstić information content (AvgIpc) is 2.43. The van der Waals surface area contributed by atoms with Crippen LogP contribution >= 0.6 is 0 Å². The predicted molar refractivity (Wildman–Crippen MR) is 77.6 cm³/mol. The zero-order valence-electron chi connectivity index (χ0n) is 11.3. The lowest BCUT2D eigenvalue weighted by Crippen LogP contribution is -2.35. The molecule has 3 rings (SSSR count). The summed E-state index contributed by atoms with van der Waals surface area (Å²) in [6.45, 7) is 4.34. The van der Waals surface area contributed by atoms with Crippen LogP contribution in [-0.2, 0) is 0 Å². The lowest BCUT2D eigenvalue weighted by molar-refractivity contribution is 0.393. The first kappa shape index (κ1) is 12.2. The monoisotopic (exact) mass is 253 g/mol. The molecule has 2 aromatic rings. The Morgan fingerprint density at radius 2 is 1.37 bits per heavy atom. The van der Waals surface area contributed by atoms with Gasteiger partial charge in [0.2, 0.25) is 0 Å². The minimum absolute atomic E-state index is 0.0891. The molecule has 0 saturated carbocycles. The topological polar surface area (TPSA) is 35.2 Å². The Balaban J connectivity index is 2.16. The van der Waals surface area contributed by atoms with Crippen LogP contribution in [0.1, 0.15) is 30.9 Å². The first-order valence-electron chi connectivity index (χ1n) is 6.79. The summed E-state index contributed by atoms with van der Waals surface area (Å²) >= 11 is 0. The molecule has 2 aromatic carbocycles. The molecule has 1 atom stereocenters. The lowest BCUT2D eigenvalue weighted by atomic mass is 9.79. The van der Waals surface area contributed by atoms with Crippen LogP contribution in [0.2, 0.25) is 0 Å². The van der Waals surface area contributed by atoms with E-state index < -0.39 is 0 Å². The molecule has 1 aliphatic heterocycles. The van der Waals surface area contributed by atoms with Crippen LogP contribution in [-0.4, -0.2) is 6.04 Å². The van der Waals surface area contributed by atoms with Gasteiger partial charge >= 0.3 is 0 Å². The number of ether oxygens (including phenoxy) is 1. The second kappa shape index (κ2) is 4.71. The zero-order chi connectivity index (χ0) is 13.4. The summed E-state index contributed by atoms with van der Waals surface area (Å²) in [5, 5.41) is 0. The Labute approximate surface area is 114 Å². The van der Waals surface area contributed by atoms with Crippen LogP contribution in [0.4, 0.5) is 0 Å². The fourth-order valence-corrected chi connectivity index (χ4v) is 2.75. The molecule has 98 valence electrons. The van der Waals surface area contributed by atoms with E-state index in [0.717, 1.165) is 11.5 Å². The molecule has 1 heterocycles. The SMILES string of the molecule is CC(C)C(N)C1c2ccccc2Oc2ccccc21. The molecule has 0 aliphatic carbocycles. The molecule has 0 radical (unpaired) electrons. The van der Waals surface area contributed by atoms with E-state index in [0.29, 0.717) is 5.92 Å². The van der Waals surface area contributed by atoms with Gasteiger partial charge in [-0.1, -0.05) is 50.2 Å². The highest BCUT2D eigenvalue weighted by Gasteiger charge is 2.32. The normalized spacial score (nSPS) is 15.6. The molecule has 0 fully saturated rings. The summed E-state index contributed by atoms with van der Waals surface area (Å²) < 4.78 is 5.98. The lowest BCUT2D eigenvalue weighted by Gasteiger charge is -2.33. The third kappa shape index (κ3) is 2.02. The number of fused-ring (bicyclic) bond motifs is 2. The van der Waals surface area contributed by atoms with E-state index >= 15 is 0 Å². The van der Waals surface area contributed by atoms with Crippen LogP contribution in [0, 0.1) is 5.92 Å². The summed E-state index contributed by atoms with van der Waals surface area (Å²) in [7, 11) is 0. The van der Waals surface area contributed by atoms with Gasteiger partial charge in [-0.3, -0.25) is 0 Å². The number of nitrogens with two attached hydrogens (primary N) is 1. The highest BCUT2D eigenvalue weighted by Crippen LogP contribution is 2.45. The Bertz CT molecular complexity index is 546. The second-order valence-electron chi connectivity index (χ2n) is 5.48. The van der Waals surface area contributed by atoms with Gasteiger partial charge in [0.15, 0.2) is 0 Å². The molecule has 2 N–H and O–H groups in total. The first-order chi connectivity index (χ1) is 9.18. The minimum atomic E-state index is 0.0891. The maximum absolute atomic E-state index is 6.47. The highest BCUT2D eigenvalue weighted by atomic mass is 16.5. The molecular formula is C17H19NO. The van der Waals surface area contributed by atoms with Gasteiger partial charge in [0.1, 0.15) is 11.5 Å². The summed E-state index contributed by atoms with van der Waals surface area (Å²) in [5.74, 6) is 2.50. The van der Waals surface area contributed by atoms with Crippen molar-refractivity contribution >= 4 is 0 Å². The number of hydrogen-bond donors (Lipinski definition) is 1. The molecule has 0 aromatic heterocycles. The van der Waals surface area contributed by atoms with E-state index in [1.807, 2.05) is 24.3 Å². The van der Waals surface area contributed by atoms with Gasteiger partial charge in [-0.25, -0.2) is 0 Å². The average molecular weight is 253 g/mol. The van der Waals surface area contributed by atoms with E-state index in [9.17, 15) is 0 Å². The second-order valence-corrected chi connectivity index (χ2v) is 5.48. The van der Waals surface area contributed by atoms with Crippen molar-refractivity contribution in [3.8, 4) is 11.5 Å². The van der Waals surface area contributed by atoms with Crippen LogP contribution < -0.4 is 10.5 Å². The molecule has 0 spiro atoms. The van der Waals surface area contributed by atoms with Crippen LogP contribution in [0.15, 0.2) is 48.5 Å². The van der Waals surface area contributed by atoms with Gasteiger partial charge in [-0.05, 0) is 18.1 Å². The Morgan fingerprint density at radius 1 is 0.895 bits per heavy atom. The van der Waals surface area contributed by atoms with E-state index in [1.54, 1.807) is 0 Å². The van der Waals surface area contributed by atoms with Crippen molar-refractivity contribution in [3.63, 3.8) is 0 Å². The van der Waals surface area contributed by atoms with Gasteiger partial charge in [0, 0.05) is 23.1 Å². The number of benzene rings is 2.